The van der Waals surface area contributed by atoms with Crippen molar-refractivity contribution in [3.8, 4) is 0 Å². The van der Waals surface area contributed by atoms with Gasteiger partial charge in [-0.1, -0.05) is 13.3 Å². The number of nitrogens with one attached hydrogen (secondary N) is 3. The summed E-state index contributed by atoms with van der Waals surface area (Å²) >= 11 is 0. The maximum absolute atomic E-state index is 11.0. The van der Waals surface area contributed by atoms with Gasteiger partial charge in [-0.15, -0.1) is 0 Å². The van der Waals surface area contributed by atoms with Crippen molar-refractivity contribution in [3.63, 3.8) is 0 Å². The zero-order valence-electron chi connectivity index (χ0n) is 7.11. The summed E-state index contributed by atoms with van der Waals surface area (Å²) in [6.45, 7) is 2.09. The quantitative estimate of drug-likeness (QED) is 0.491. The van der Waals surface area contributed by atoms with Crippen molar-refractivity contribution in [3.05, 3.63) is 0 Å². The van der Waals surface area contributed by atoms with Crippen LogP contribution in [-0.4, -0.2) is 17.4 Å². The van der Waals surface area contributed by atoms with Crippen LogP contribution in [0.1, 0.15) is 26.2 Å². The molecule has 1 aliphatic heterocycles. The summed E-state index contributed by atoms with van der Waals surface area (Å²) < 4.78 is 0. The van der Waals surface area contributed by atoms with E-state index in [2.05, 4.69) is 17.6 Å². The third-order valence-electron chi connectivity index (χ3n) is 3.07. The molecule has 2 atom stereocenters. The Kier molecular flexibility index (Phi) is 1.40. The minimum Gasteiger partial charge on any atom is -0.325 e. The van der Waals surface area contributed by atoms with Crippen LogP contribution in [0.2, 0.25) is 0 Å². The van der Waals surface area contributed by atoms with Crippen molar-refractivity contribution in [2.24, 2.45) is 5.92 Å². The summed E-state index contributed by atoms with van der Waals surface area (Å²) in [7, 11) is 0. The highest BCUT2D eigenvalue weighted by Gasteiger charge is 2.49. The maximum atomic E-state index is 11.0. The van der Waals surface area contributed by atoms with Crippen LogP contribution in [0.25, 0.3) is 0 Å². The Hall–Kier alpha value is -1.06. The predicted molar refractivity (Wildman–Crippen MR) is 45.1 cm³/mol. The van der Waals surface area contributed by atoms with Gasteiger partial charge in [-0.25, -0.2) is 4.79 Å². The Morgan fingerprint density at radius 1 is 1.67 bits per heavy atom. The summed E-state index contributed by atoms with van der Waals surface area (Å²) in [4.78, 5) is 11.0. The number of rotatable bonds is 0. The van der Waals surface area contributed by atoms with E-state index in [0.717, 1.165) is 19.3 Å². The number of amidine groups is 1. The fourth-order valence-corrected chi connectivity index (χ4v) is 2.26. The number of urea groups is 1. The van der Waals surface area contributed by atoms with E-state index in [1.807, 2.05) is 0 Å². The van der Waals surface area contributed by atoms with Crippen LogP contribution in [0.15, 0.2) is 0 Å². The summed E-state index contributed by atoms with van der Waals surface area (Å²) in [5, 5.41) is 13.0. The van der Waals surface area contributed by atoms with Gasteiger partial charge >= 0.3 is 6.03 Å². The molecule has 0 aromatic rings. The Bertz CT molecular complexity index is 251. The lowest BCUT2D eigenvalue weighted by Gasteiger charge is -2.26. The standard InChI is InChI=1S/C8H13N3O/c1-5-3-2-4-8(5)6(9)10-7(12)11-8/h5H,2-4H2,1H3,(H3,9,10,11,12). The average Bonchev–Trinajstić information content (AvgIpc) is 2.44. The summed E-state index contributed by atoms with van der Waals surface area (Å²) in [6.07, 6.45) is 3.11. The largest absolute Gasteiger partial charge is 0.325 e. The molecule has 2 amide bonds. The van der Waals surface area contributed by atoms with Crippen molar-refractivity contribution in [2.45, 2.75) is 31.7 Å². The zero-order chi connectivity index (χ0) is 8.77. The van der Waals surface area contributed by atoms with Crippen LogP contribution in [0.5, 0.6) is 0 Å². The van der Waals surface area contributed by atoms with Crippen molar-refractivity contribution in [2.75, 3.05) is 0 Å². The molecule has 1 aliphatic carbocycles. The molecule has 4 nitrogen and oxygen atoms in total. The molecule has 0 aromatic carbocycles. The van der Waals surface area contributed by atoms with E-state index in [-0.39, 0.29) is 11.6 Å². The molecule has 12 heavy (non-hydrogen) atoms. The van der Waals surface area contributed by atoms with Crippen LogP contribution in [0.3, 0.4) is 0 Å². The molecule has 1 saturated heterocycles. The molecule has 2 unspecified atom stereocenters. The van der Waals surface area contributed by atoms with Gasteiger partial charge in [0.05, 0.1) is 0 Å². The Balaban J connectivity index is 2.31. The van der Waals surface area contributed by atoms with Gasteiger partial charge in [-0.05, 0) is 18.8 Å². The Labute approximate surface area is 71.2 Å². The lowest BCUT2D eigenvalue weighted by molar-refractivity contribution is 0.241. The van der Waals surface area contributed by atoms with Crippen LogP contribution >= 0.6 is 0 Å². The molecule has 4 heteroatoms. The fraction of sp³-hybridized carbons (Fsp3) is 0.750. The number of hydrogen-bond acceptors (Lipinski definition) is 2. The lowest BCUT2D eigenvalue weighted by atomic mass is 9.88. The van der Waals surface area contributed by atoms with E-state index in [1.165, 1.54) is 0 Å². The van der Waals surface area contributed by atoms with Crippen molar-refractivity contribution in [1.82, 2.24) is 10.6 Å². The molecular weight excluding hydrogens is 154 g/mol. The van der Waals surface area contributed by atoms with Gasteiger partial charge in [0.25, 0.3) is 0 Å². The third kappa shape index (κ3) is 0.777. The van der Waals surface area contributed by atoms with Crippen molar-refractivity contribution >= 4 is 11.9 Å². The highest BCUT2D eigenvalue weighted by molar-refractivity contribution is 6.08. The summed E-state index contributed by atoms with van der Waals surface area (Å²) in [5.74, 6) is 0.751. The van der Waals surface area contributed by atoms with Gasteiger partial charge < -0.3 is 5.32 Å². The van der Waals surface area contributed by atoms with Gasteiger partial charge in [0.2, 0.25) is 0 Å². The van der Waals surface area contributed by atoms with Gasteiger partial charge in [0, 0.05) is 0 Å². The summed E-state index contributed by atoms with van der Waals surface area (Å²) in [5.41, 5.74) is -0.350. The van der Waals surface area contributed by atoms with Gasteiger partial charge in [0.15, 0.2) is 0 Å². The van der Waals surface area contributed by atoms with Gasteiger partial charge in [-0.3, -0.25) is 10.7 Å². The second-order valence-corrected chi connectivity index (χ2v) is 3.72. The van der Waals surface area contributed by atoms with Gasteiger partial charge in [0.1, 0.15) is 11.4 Å². The van der Waals surface area contributed by atoms with Gasteiger partial charge in [-0.2, -0.15) is 0 Å². The van der Waals surface area contributed by atoms with Crippen molar-refractivity contribution in [1.29, 1.82) is 5.41 Å². The zero-order valence-corrected chi connectivity index (χ0v) is 7.11. The van der Waals surface area contributed by atoms with Crippen LogP contribution in [-0.2, 0) is 0 Å². The Morgan fingerprint density at radius 3 is 2.83 bits per heavy atom. The van der Waals surface area contributed by atoms with E-state index in [9.17, 15) is 4.79 Å². The maximum Gasteiger partial charge on any atom is 0.321 e. The number of carbonyl (C=O) groups excluding carboxylic acids is 1. The first-order valence-corrected chi connectivity index (χ1v) is 4.33. The molecule has 2 fully saturated rings. The van der Waals surface area contributed by atoms with Crippen molar-refractivity contribution < 1.29 is 4.79 Å². The minimum absolute atomic E-state index is 0.214. The number of hydrogen-bond donors (Lipinski definition) is 3. The smallest absolute Gasteiger partial charge is 0.321 e. The molecule has 0 bridgehead atoms. The van der Waals surface area contributed by atoms with Crippen LogP contribution in [0.4, 0.5) is 4.79 Å². The molecule has 0 radical (unpaired) electrons. The first-order valence-electron chi connectivity index (χ1n) is 4.33. The molecule has 1 heterocycles. The van der Waals surface area contributed by atoms with Crippen LogP contribution < -0.4 is 10.6 Å². The molecule has 0 aromatic heterocycles. The van der Waals surface area contributed by atoms with E-state index in [1.54, 1.807) is 0 Å². The lowest BCUT2D eigenvalue weighted by Crippen LogP contribution is -2.48. The van der Waals surface area contributed by atoms with E-state index < -0.39 is 0 Å². The second kappa shape index (κ2) is 2.21. The third-order valence-corrected chi connectivity index (χ3v) is 3.07. The van der Waals surface area contributed by atoms with E-state index in [0.29, 0.717) is 11.8 Å². The second-order valence-electron chi connectivity index (χ2n) is 3.72. The normalized spacial score (nSPS) is 40.2. The SMILES string of the molecule is CC1CCCC12NC(=O)NC2=N. The number of amides is 2. The molecule has 3 N–H and O–H groups in total. The topological polar surface area (TPSA) is 65.0 Å². The fourth-order valence-electron chi connectivity index (χ4n) is 2.26. The Morgan fingerprint density at radius 2 is 2.42 bits per heavy atom. The first-order chi connectivity index (χ1) is 5.65. The average molecular weight is 167 g/mol. The molecule has 1 saturated carbocycles. The van der Waals surface area contributed by atoms with E-state index in [4.69, 9.17) is 5.41 Å². The molecule has 1 spiro atoms. The number of carbonyl (C=O) groups is 1. The highest BCUT2D eigenvalue weighted by Crippen LogP contribution is 2.37. The molecular formula is C8H13N3O. The molecule has 2 aliphatic rings. The molecule has 2 rings (SSSR count). The van der Waals surface area contributed by atoms with Crippen LogP contribution in [0, 0.1) is 11.3 Å². The highest BCUT2D eigenvalue weighted by atomic mass is 16.2. The first kappa shape index (κ1) is 7.58. The van der Waals surface area contributed by atoms with E-state index >= 15 is 0 Å². The predicted octanol–water partition coefficient (Wildman–Crippen LogP) is 0.835. The monoisotopic (exact) mass is 167 g/mol. The molecule has 66 valence electrons. The summed E-state index contributed by atoms with van der Waals surface area (Å²) in [6, 6.07) is -0.214. The minimum atomic E-state index is -0.350.